The number of aryl methyl sites for hydroxylation is 2. The van der Waals surface area contributed by atoms with Crippen LogP contribution in [0.3, 0.4) is 0 Å². The molecule has 1 fully saturated rings. The molecule has 0 spiro atoms. The van der Waals surface area contributed by atoms with Crippen molar-refractivity contribution in [2.24, 2.45) is 11.7 Å². The average Bonchev–Trinajstić information content (AvgIpc) is 3.11. The lowest BCUT2D eigenvalue weighted by Crippen LogP contribution is -2.31. The van der Waals surface area contributed by atoms with Crippen molar-refractivity contribution in [2.75, 3.05) is 11.4 Å². The SMILES string of the molecule is Cc1cc(N(CCC(C)C)C2CC2)c(C(=N)N)c(C)n1. The van der Waals surface area contributed by atoms with Gasteiger partial charge in [-0.2, -0.15) is 0 Å². The third-order valence-electron chi connectivity index (χ3n) is 3.82. The van der Waals surface area contributed by atoms with Gasteiger partial charge in [-0.15, -0.1) is 0 Å². The number of amidine groups is 1. The van der Waals surface area contributed by atoms with Crippen molar-refractivity contribution in [1.82, 2.24) is 4.98 Å². The van der Waals surface area contributed by atoms with E-state index < -0.39 is 0 Å². The zero-order valence-electron chi connectivity index (χ0n) is 13.0. The number of nitrogen functional groups attached to an aromatic ring is 1. The average molecular weight is 274 g/mol. The fraction of sp³-hybridized carbons (Fsp3) is 0.625. The molecule has 3 N–H and O–H groups in total. The Kier molecular flexibility index (Phi) is 4.31. The molecule has 0 aromatic carbocycles. The molecule has 0 unspecified atom stereocenters. The van der Waals surface area contributed by atoms with Crippen LogP contribution in [0, 0.1) is 25.2 Å². The van der Waals surface area contributed by atoms with Gasteiger partial charge in [-0.05, 0) is 45.1 Å². The highest BCUT2D eigenvalue weighted by Gasteiger charge is 2.31. The summed E-state index contributed by atoms with van der Waals surface area (Å²) in [5.74, 6) is 0.807. The van der Waals surface area contributed by atoms with Crippen molar-refractivity contribution in [1.29, 1.82) is 5.41 Å². The Morgan fingerprint density at radius 2 is 2.10 bits per heavy atom. The molecule has 1 aliphatic rings. The summed E-state index contributed by atoms with van der Waals surface area (Å²) >= 11 is 0. The molecule has 20 heavy (non-hydrogen) atoms. The maximum atomic E-state index is 7.87. The zero-order valence-corrected chi connectivity index (χ0v) is 13.0. The third kappa shape index (κ3) is 3.30. The predicted molar refractivity (Wildman–Crippen MR) is 84.6 cm³/mol. The monoisotopic (exact) mass is 274 g/mol. The van der Waals surface area contributed by atoms with Crippen LogP contribution in [-0.4, -0.2) is 23.4 Å². The molecular weight excluding hydrogens is 248 g/mol. The summed E-state index contributed by atoms with van der Waals surface area (Å²) in [7, 11) is 0. The van der Waals surface area contributed by atoms with Crippen LogP contribution in [0.1, 0.15) is 50.1 Å². The first-order valence-electron chi connectivity index (χ1n) is 7.49. The van der Waals surface area contributed by atoms with E-state index >= 15 is 0 Å². The highest BCUT2D eigenvalue weighted by Crippen LogP contribution is 2.35. The van der Waals surface area contributed by atoms with E-state index in [1.807, 2.05) is 13.8 Å². The minimum atomic E-state index is 0.125. The maximum Gasteiger partial charge on any atom is 0.126 e. The van der Waals surface area contributed by atoms with E-state index in [9.17, 15) is 0 Å². The van der Waals surface area contributed by atoms with Crippen molar-refractivity contribution >= 4 is 11.5 Å². The number of nitrogens with one attached hydrogen (secondary N) is 1. The van der Waals surface area contributed by atoms with E-state index in [2.05, 4.69) is 29.8 Å². The van der Waals surface area contributed by atoms with Gasteiger partial charge in [-0.1, -0.05) is 13.8 Å². The van der Waals surface area contributed by atoms with Gasteiger partial charge >= 0.3 is 0 Å². The number of anilines is 1. The fourth-order valence-electron chi connectivity index (χ4n) is 2.65. The first-order chi connectivity index (χ1) is 9.40. The quantitative estimate of drug-likeness (QED) is 0.619. The number of nitrogens with zero attached hydrogens (tertiary/aromatic N) is 2. The second-order valence-electron chi connectivity index (χ2n) is 6.26. The van der Waals surface area contributed by atoms with Crippen LogP contribution >= 0.6 is 0 Å². The molecule has 0 amide bonds. The lowest BCUT2D eigenvalue weighted by Gasteiger charge is -2.28. The van der Waals surface area contributed by atoms with Gasteiger partial charge in [0.1, 0.15) is 5.84 Å². The Bertz CT molecular complexity index is 503. The molecule has 0 atom stereocenters. The molecule has 1 aliphatic carbocycles. The van der Waals surface area contributed by atoms with Crippen LogP contribution in [0.5, 0.6) is 0 Å². The summed E-state index contributed by atoms with van der Waals surface area (Å²) in [6.07, 6.45) is 3.65. The highest BCUT2D eigenvalue weighted by molar-refractivity contribution is 6.01. The van der Waals surface area contributed by atoms with Crippen LogP contribution < -0.4 is 10.6 Å². The van der Waals surface area contributed by atoms with Gasteiger partial charge in [0, 0.05) is 18.3 Å². The molecule has 0 saturated heterocycles. The highest BCUT2D eigenvalue weighted by atomic mass is 15.2. The molecule has 0 aliphatic heterocycles. The number of hydrogen-bond acceptors (Lipinski definition) is 3. The van der Waals surface area contributed by atoms with E-state index in [1.165, 1.54) is 12.8 Å². The smallest absolute Gasteiger partial charge is 0.126 e. The molecule has 1 aromatic heterocycles. The zero-order chi connectivity index (χ0) is 14.9. The molecule has 1 aromatic rings. The summed E-state index contributed by atoms with van der Waals surface area (Å²) in [5.41, 5.74) is 9.57. The topological polar surface area (TPSA) is 66.0 Å². The van der Waals surface area contributed by atoms with Crippen LogP contribution in [0.15, 0.2) is 6.07 Å². The van der Waals surface area contributed by atoms with Crippen molar-refractivity contribution in [3.05, 3.63) is 23.0 Å². The number of aromatic nitrogens is 1. The molecule has 4 nitrogen and oxygen atoms in total. The Hall–Kier alpha value is -1.58. The van der Waals surface area contributed by atoms with Crippen molar-refractivity contribution in [3.63, 3.8) is 0 Å². The van der Waals surface area contributed by atoms with Gasteiger partial charge in [-0.25, -0.2) is 0 Å². The number of pyridine rings is 1. The third-order valence-corrected chi connectivity index (χ3v) is 3.82. The Morgan fingerprint density at radius 1 is 1.45 bits per heavy atom. The molecule has 110 valence electrons. The summed E-state index contributed by atoms with van der Waals surface area (Å²) in [6.45, 7) is 9.49. The molecule has 1 heterocycles. The minimum absolute atomic E-state index is 0.125. The van der Waals surface area contributed by atoms with Crippen molar-refractivity contribution in [3.8, 4) is 0 Å². The predicted octanol–water partition coefficient (Wildman–Crippen LogP) is 3.00. The Labute approximate surface area is 121 Å². The van der Waals surface area contributed by atoms with E-state index in [4.69, 9.17) is 11.1 Å². The number of rotatable bonds is 6. The van der Waals surface area contributed by atoms with E-state index in [-0.39, 0.29) is 5.84 Å². The lowest BCUT2D eigenvalue weighted by molar-refractivity contribution is 0.570. The van der Waals surface area contributed by atoms with Crippen molar-refractivity contribution in [2.45, 2.75) is 53.0 Å². The van der Waals surface area contributed by atoms with Gasteiger partial charge in [0.15, 0.2) is 0 Å². The van der Waals surface area contributed by atoms with Crippen LogP contribution in [-0.2, 0) is 0 Å². The van der Waals surface area contributed by atoms with E-state index in [1.54, 1.807) is 0 Å². The van der Waals surface area contributed by atoms with Gasteiger partial charge in [0.2, 0.25) is 0 Å². The van der Waals surface area contributed by atoms with Gasteiger partial charge in [0.25, 0.3) is 0 Å². The normalized spacial score (nSPS) is 14.7. The van der Waals surface area contributed by atoms with Gasteiger partial charge in [0.05, 0.1) is 16.9 Å². The van der Waals surface area contributed by atoms with Gasteiger partial charge < -0.3 is 10.6 Å². The van der Waals surface area contributed by atoms with Crippen molar-refractivity contribution < 1.29 is 0 Å². The largest absolute Gasteiger partial charge is 0.384 e. The minimum Gasteiger partial charge on any atom is -0.384 e. The molecular formula is C16H26N4. The first-order valence-corrected chi connectivity index (χ1v) is 7.49. The summed E-state index contributed by atoms with van der Waals surface area (Å²) < 4.78 is 0. The fourth-order valence-corrected chi connectivity index (χ4v) is 2.65. The molecule has 4 heteroatoms. The second kappa shape index (κ2) is 5.81. The number of nitrogens with two attached hydrogens (primary N) is 1. The van der Waals surface area contributed by atoms with Gasteiger partial charge in [-0.3, -0.25) is 10.4 Å². The Morgan fingerprint density at radius 3 is 2.60 bits per heavy atom. The second-order valence-corrected chi connectivity index (χ2v) is 6.26. The summed E-state index contributed by atoms with van der Waals surface area (Å²) in [4.78, 5) is 6.91. The molecule has 1 saturated carbocycles. The maximum absolute atomic E-state index is 7.87. The number of hydrogen-bond donors (Lipinski definition) is 2. The standard InChI is InChI=1S/C16H26N4/c1-10(2)7-8-20(13-5-6-13)14-9-11(3)19-12(4)15(14)16(17)18/h9-10,13H,5-8H2,1-4H3,(H3,17,18). The lowest BCUT2D eigenvalue weighted by atomic mass is 10.1. The molecule has 0 bridgehead atoms. The first kappa shape index (κ1) is 14.8. The van der Waals surface area contributed by atoms with Crippen LogP contribution in [0.2, 0.25) is 0 Å². The summed E-state index contributed by atoms with van der Waals surface area (Å²) in [6, 6.07) is 2.70. The Balaban J connectivity index is 2.38. The molecule has 2 rings (SSSR count). The van der Waals surface area contributed by atoms with E-state index in [0.29, 0.717) is 12.0 Å². The summed E-state index contributed by atoms with van der Waals surface area (Å²) in [5, 5.41) is 7.87. The van der Waals surface area contributed by atoms with Crippen LogP contribution in [0.25, 0.3) is 0 Å². The molecule has 0 radical (unpaired) electrons. The van der Waals surface area contributed by atoms with Crippen LogP contribution in [0.4, 0.5) is 5.69 Å². The van der Waals surface area contributed by atoms with E-state index in [0.717, 1.165) is 35.6 Å².